The number of nitrogens with zero attached hydrogens (tertiary/aromatic N) is 1. The Labute approximate surface area is 169 Å². The summed E-state index contributed by atoms with van der Waals surface area (Å²) in [6.45, 7) is 1.34. The fourth-order valence-electron chi connectivity index (χ4n) is 2.74. The van der Waals surface area contributed by atoms with Crippen LogP contribution in [0.2, 0.25) is 5.02 Å². The lowest BCUT2D eigenvalue weighted by Crippen LogP contribution is -2.38. The molecule has 3 aromatic carbocycles. The van der Waals surface area contributed by atoms with E-state index in [9.17, 15) is 13.2 Å². The maximum atomic E-state index is 13.3. The molecule has 28 heavy (non-hydrogen) atoms. The van der Waals surface area contributed by atoms with Gasteiger partial charge in [0.15, 0.2) is 0 Å². The maximum Gasteiger partial charge on any atom is 0.264 e. The third-order valence-corrected chi connectivity index (χ3v) is 6.37. The van der Waals surface area contributed by atoms with Crippen LogP contribution in [0.3, 0.4) is 0 Å². The minimum absolute atomic E-state index is 0.0990. The largest absolute Gasteiger partial charge is 0.325 e. The lowest BCUT2D eigenvalue weighted by molar-refractivity contribution is -0.114. The number of sulfonamides is 1. The third kappa shape index (κ3) is 4.35. The van der Waals surface area contributed by atoms with E-state index >= 15 is 0 Å². The van der Waals surface area contributed by atoms with Gasteiger partial charge in [-0.2, -0.15) is 0 Å². The molecule has 0 aliphatic heterocycles. The van der Waals surface area contributed by atoms with Gasteiger partial charge in [-0.25, -0.2) is 8.42 Å². The van der Waals surface area contributed by atoms with Crippen LogP contribution in [0.5, 0.6) is 0 Å². The summed E-state index contributed by atoms with van der Waals surface area (Å²) in [6, 6.07) is 21.9. The van der Waals surface area contributed by atoms with Crippen LogP contribution in [0.25, 0.3) is 0 Å². The lowest BCUT2D eigenvalue weighted by Gasteiger charge is -2.26. The number of halogens is 1. The molecule has 0 aliphatic rings. The van der Waals surface area contributed by atoms with Crippen molar-refractivity contribution in [3.63, 3.8) is 0 Å². The van der Waals surface area contributed by atoms with Gasteiger partial charge >= 0.3 is 0 Å². The smallest absolute Gasteiger partial charge is 0.264 e. The molecule has 0 aliphatic carbocycles. The molecule has 0 spiro atoms. The van der Waals surface area contributed by atoms with Crippen LogP contribution in [0.15, 0.2) is 83.8 Å². The Hall–Kier alpha value is -2.83. The predicted molar refractivity (Wildman–Crippen MR) is 112 cm³/mol. The number of hydrogen-bond acceptors (Lipinski definition) is 3. The van der Waals surface area contributed by atoms with Crippen LogP contribution in [-0.4, -0.2) is 20.9 Å². The van der Waals surface area contributed by atoms with Gasteiger partial charge in [-0.1, -0.05) is 54.1 Å². The van der Waals surface area contributed by atoms with Gasteiger partial charge in [0.05, 0.1) is 10.6 Å². The summed E-state index contributed by atoms with van der Waals surface area (Å²) < 4.78 is 27.7. The van der Waals surface area contributed by atoms with Crippen molar-refractivity contribution in [1.29, 1.82) is 0 Å². The zero-order chi connectivity index (χ0) is 20.1. The Bertz CT molecular complexity index is 1070. The summed E-state index contributed by atoms with van der Waals surface area (Å²) in [7, 11) is -3.97. The first-order valence-electron chi connectivity index (χ1n) is 8.57. The first-order chi connectivity index (χ1) is 13.4. The van der Waals surface area contributed by atoms with Crippen molar-refractivity contribution >= 4 is 38.9 Å². The summed E-state index contributed by atoms with van der Waals surface area (Å²) in [5, 5.41) is 3.15. The van der Waals surface area contributed by atoms with E-state index in [-0.39, 0.29) is 11.4 Å². The average molecular weight is 415 g/mol. The summed E-state index contributed by atoms with van der Waals surface area (Å²) >= 11 is 6.20. The number of para-hydroxylation sites is 1. The van der Waals surface area contributed by atoms with E-state index in [1.807, 2.05) is 6.07 Å². The van der Waals surface area contributed by atoms with Gasteiger partial charge in [-0.3, -0.25) is 9.10 Å². The number of carbonyl (C=O) groups excluding carboxylic acids is 1. The van der Waals surface area contributed by atoms with Crippen LogP contribution in [0.4, 0.5) is 11.4 Å². The molecule has 3 aromatic rings. The Morgan fingerprint density at radius 3 is 2.18 bits per heavy atom. The number of nitrogens with one attached hydrogen (secondary N) is 1. The second-order valence-corrected chi connectivity index (χ2v) is 8.39. The normalized spacial score (nSPS) is 11.1. The molecular formula is C21H19ClN2O3S. The Kier molecular flexibility index (Phi) is 6.02. The number of rotatable bonds is 6. The van der Waals surface area contributed by atoms with E-state index in [0.29, 0.717) is 22.0 Å². The monoisotopic (exact) mass is 414 g/mol. The molecule has 0 unspecified atom stereocenters. The predicted octanol–water partition coefficient (Wildman–Crippen LogP) is 4.48. The molecular weight excluding hydrogens is 396 g/mol. The Balaban J connectivity index is 2.00. The van der Waals surface area contributed by atoms with Gasteiger partial charge in [0.1, 0.15) is 6.54 Å². The van der Waals surface area contributed by atoms with E-state index in [4.69, 9.17) is 11.6 Å². The van der Waals surface area contributed by atoms with Crippen molar-refractivity contribution in [2.24, 2.45) is 0 Å². The molecule has 0 fully saturated rings. The van der Waals surface area contributed by atoms with Gasteiger partial charge in [0.2, 0.25) is 5.91 Å². The van der Waals surface area contributed by atoms with Crippen LogP contribution in [0.1, 0.15) is 5.56 Å². The van der Waals surface area contributed by atoms with Gasteiger partial charge in [-0.05, 0) is 48.9 Å². The first kappa shape index (κ1) is 19.9. The minimum atomic E-state index is -3.97. The van der Waals surface area contributed by atoms with Gasteiger partial charge in [0, 0.05) is 10.7 Å². The second kappa shape index (κ2) is 8.46. The van der Waals surface area contributed by atoms with Gasteiger partial charge in [0.25, 0.3) is 10.0 Å². The zero-order valence-electron chi connectivity index (χ0n) is 15.2. The molecule has 144 valence electrons. The van der Waals surface area contributed by atoms with Crippen molar-refractivity contribution in [2.75, 3.05) is 16.2 Å². The quantitative estimate of drug-likeness (QED) is 0.646. The van der Waals surface area contributed by atoms with E-state index in [1.165, 1.54) is 12.1 Å². The lowest BCUT2D eigenvalue weighted by atomic mass is 10.2. The van der Waals surface area contributed by atoms with Crippen molar-refractivity contribution in [3.05, 3.63) is 89.4 Å². The molecule has 0 atom stereocenters. The molecule has 0 heterocycles. The number of amides is 1. The molecule has 7 heteroatoms. The zero-order valence-corrected chi connectivity index (χ0v) is 16.7. The fourth-order valence-corrected chi connectivity index (χ4v) is 4.41. The van der Waals surface area contributed by atoms with Crippen molar-refractivity contribution in [3.8, 4) is 0 Å². The molecule has 0 saturated heterocycles. The van der Waals surface area contributed by atoms with Crippen molar-refractivity contribution in [1.82, 2.24) is 0 Å². The number of anilines is 2. The molecule has 1 amide bonds. The summed E-state index contributed by atoms with van der Waals surface area (Å²) in [6.07, 6.45) is 0. The van der Waals surface area contributed by atoms with E-state index in [0.717, 1.165) is 4.31 Å². The Morgan fingerprint density at radius 2 is 1.54 bits per heavy atom. The number of benzene rings is 3. The van der Waals surface area contributed by atoms with Crippen LogP contribution in [-0.2, 0) is 14.8 Å². The van der Waals surface area contributed by atoms with Crippen LogP contribution >= 0.6 is 11.6 Å². The molecule has 0 radical (unpaired) electrons. The molecule has 0 aromatic heterocycles. The summed E-state index contributed by atoms with van der Waals surface area (Å²) in [4.78, 5) is 12.7. The van der Waals surface area contributed by atoms with Crippen molar-refractivity contribution in [2.45, 2.75) is 11.8 Å². The highest BCUT2D eigenvalue weighted by Crippen LogP contribution is 2.30. The van der Waals surface area contributed by atoms with Gasteiger partial charge < -0.3 is 5.32 Å². The highest BCUT2D eigenvalue weighted by molar-refractivity contribution is 7.92. The average Bonchev–Trinajstić information content (AvgIpc) is 2.70. The maximum absolute atomic E-state index is 13.3. The molecule has 5 nitrogen and oxygen atoms in total. The van der Waals surface area contributed by atoms with Crippen LogP contribution in [0, 0.1) is 6.92 Å². The van der Waals surface area contributed by atoms with Crippen LogP contribution < -0.4 is 9.62 Å². The Morgan fingerprint density at radius 1 is 0.929 bits per heavy atom. The molecule has 0 bridgehead atoms. The highest BCUT2D eigenvalue weighted by Gasteiger charge is 2.28. The van der Waals surface area contributed by atoms with E-state index < -0.39 is 15.9 Å². The highest BCUT2D eigenvalue weighted by atomic mass is 35.5. The molecule has 1 N–H and O–H groups in total. The number of hydrogen-bond donors (Lipinski definition) is 1. The minimum Gasteiger partial charge on any atom is -0.325 e. The third-order valence-electron chi connectivity index (χ3n) is 4.18. The molecule has 3 rings (SSSR count). The second-order valence-electron chi connectivity index (χ2n) is 6.12. The van der Waals surface area contributed by atoms with Crippen molar-refractivity contribution < 1.29 is 13.2 Å². The summed E-state index contributed by atoms with van der Waals surface area (Å²) in [5.74, 6) is -0.454. The van der Waals surface area contributed by atoms with E-state index in [2.05, 4.69) is 5.32 Å². The SMILES string of the molecule is Cc1c(Cl)cccc1N(CC(=O)Nc1ccccc1)S(=O)(=O)c1ccccc1. The molecule has 0 saturated carbocycles. The standard InChI is InChI=1S/C21H19ClN2O3S/c1-16-19(22)13-8-14-20(16)24(28(26,27)18-11-6-3-7-12-18)15-21(25)23-17-9-4-2-5-10-17/h2-14H,15H2,1H3,(H,23,25). The topological polar surface area (TPSA) is 66.5 Å². The summed E-state index contributed by atoms with van der Waals surface area (Å²) in [5.41, 5.74) is 1.53. The first-order valence-corrected chi connectivity index (χ1v) is 10.4. The van der Waals surface area contributed by atoms with E-state index in [1.54, 1.807) is 67.6 Å². The number of carbonyl (C=O) groups is 1. The fraction of sp³-hybridized carbons (Fsp3) is 0.0952. The van der Waals surface area contributed by atoms with Gasteiger partial charge in [-0.15, -0.1) is 0 Å².